The van der Waals surface area contributed by atoms with Gasteiger partial charge >= 0.3 is 0 Å². The topological polar surface area (TPSA) is 23.5 Å². The van der Waals surface area contributed by atoms with Crippen LogP contribution in [0.4, 0.5) is 0 Å². The lowest BCUT2D eigenvalue weighted by Crippen LogP contribution is -2.31. The van der Waals surface area contributed by atoms with Crippen molar-refractivity contribution >= 4 is 23.2 Å². The van der Waals surface area contributed by atoms with Crippen LogP contribution in [0.2, 0.25) is 10.0 Å². The lowest BCUT2D eigenvalue weighted by Gasteiger charge is -2.25. The van der Waals surface area contributed by atoms with Crippen LogP contribution in [-0.4, -0.2) is 29.6 Å². The monoisotopic (exact) mass is 259 g/mol. The molecular weight excluding hydrogens is 245 g/mol. The van der Waals surface area contributed by atoms with Crippen molar-refractivity contribution in [3.63, 3.8) is 0 Å². The van der Waals surface area contributed by atoms with Crippen LogP contribution >= 0.6 is 23.2 Å². The van der Waals surface area contributed by atoms with Gasteiger partial charge < -0.3 is 10.0 Å². The van der Waals surface area contributed by atoms with Crippen LogP contribution in [0.3, 0.4) is 0 Å². The first-order chi connectivity index (χ1) is 7.57. The second-order valence-electron chi connectivity index (χ2n) is 4.25. The minimum atomic E-state index is -0.849. The summed E-state index contributed by atoms with van der Waals surface area (Å²) in [5, 5.41) is 11.6. The highest BCUT2D eigenvalue weighted by Crippen LogP contribution is 2.38. The fraction of sp³-hybridized carbons (Fsp3) is 0.500. The summed E-state index contributed by atoms with van der Waals surface area (Å²) in [5.74, 6) is 0. The molecule has 0 amide bonds. The highest BCUT2D eigenvalue weighted by atomic mass is 35.5. The molecule has 1 aromatic rings. The van der Waals surface area contributed by atoms with Crippen molar-refractivity contribution in [2.24, 2.45) is 0 Å². The summed E-state index contributed by atoms with van der Waals surface area (Å²) in [7, 11) is 0. The molecule has 16 heavy (non-hydrogen) atoms. The van der Waals surface area contributed by atoms with Crippen LogP contribution in [-0.2, 0) is 5.60 Å². The number of halogens is 2. The molecule has 2 rings (SSSR count). The molecule has 0 radical (unpaired) electrons. The van der Waals surface area contributed by atoms with Crippen molar-refractivity contribution in [2.75, 3.05) is 19.6 Å². The third kappa shape index (κ3) is 2.07. The van der Waals surface area contributed by atoms with Crippen molar-refractivity contribution in [3.05, 3.63) is 33.8 Å². The molecule has 0 saturated carbocycles. The summed E-state index contributed by atoms with van der Waals surface area (Å²) < 4.78 is 0. The average Bonchev–Trinajstić information content (AvgIpc) is 2.65. The zero-order valence-corrected chi connectivity index (χ0v) is 10.7. The van der Waals surface area contributed by atoms with Crippen molar-refractivity contribution in [3.8, 4) is 0 Å². The van der Waals surface area contributed by atoms with Gasteiger partial charge in [0.1, 0.15) is 5.60 Å². The summed E-state index contributed by atoms with van der Waals surface area (Å²) >= 11 is 12.1. The molecule has 1 aliphatic rings. The van der Waals surface area contributed by atoms with Crippen LogP contribution in [0.1, 0.15) is 18.9 Å². The number of rotatable bonds is 2. The van der Waals surface area contributed by atoms with Gasteiger partial charge in [-0.05, 0) is 19.0 Å². The number of likely N-dealkylation sites (tertiary alicyclic amines) is 1. The third-order valence-corrected chi connectivity index (χ3v) is 4.05. The molecule has 1 atom stereocenters. The van der Waals surface area contributed by atoms with E-state index in [-0.39, 0.29) is 0 Å². The minimum absolute atomic E-state index is 0.476. The van der Waals surface area contributed by atoms with Gasteiger partial charge in [-0.1, -0.05) is 42.3 Å². The van der Waals surface area contributed by atoms with E-state index in [2.05, 4.69) is 11.8 Å². The van der Waals surface area contributed by atoms with E-state index >= 15 is 0 Å². The molecule has 1 aliphatic heterocycles. The van der Waals surface area contributed by atoms with E-state index in [1.807, 2.05) is 12.1 Å². The molecule has 4 heteroatoms. The summed E-state index contributed by atoms with van der Waals surface area (Å²) in [4.78, 5) is 2.21. The molecule has 1 saturated heterocycles. The van der Waals surface area contributed by atoms with Gasteiger partial charge in [-0.3, -0.25) is 0 Å². The number of benzene rings is 1. The highest BCUT2D eigenvalue weighted by molar-refractivity contribution is 6.42. The molecule has 1 heterocycles. The molecule has 1 N–H and O–H groups in total. The van der Waals surface area contributed by atoms with Crippen molar-refractivity contribution in [1.82, 2.24) is 4.90 Å². The first-order valence-corrected chi connectivity index (χ1v) is 6.21. The summed E-state index contributed by atoms with van der Waals surface area (Å²) in [6.45, 7) is 4.56. The van der Waals surface area contributed by atoms with E-state index in [0.29, 0.717) is 23.0 Å². The normalized spacial score (nSPS) is 26.2. The van der Waals surface area contributed by atoms with E-state index in [9.17, 15) is 5.11 Å². The third-order valence-electron chi connectivity index (χ3n) is 3.23. The van der Waals surface area contributed by atoms with E-state index in [4.69, 9.17) is 23.2 Å². The number of aliphatic hydroxyl groups is 1. The standard InChI is InChI=1S/C12H15Cl2NO/c1-2-15-7-6-12(16,8-15)9-4-3-5-10(13)11(9)14/h3-5,16H,2,6-8H2,1H3. The van der Waals surface area contributed by atoms with Gasteiger partial charge in [0, 0.05) is 18.7 Å². The molecule has 1 fully saturated rings. The quantitative estimate of drug-likeness (QED) is 0.883. The number of β-amino-alcohol motifs (C(OH)–C–C–N with tert-alkyl or cyclic N) is 1. The zero-order valence-electron chi connectivity index (χ0n) is 9.21. The molecule has 0 aromatic heterocycles. The van der Waals surface area contributed by atoms with Gasteiger partial charge in [-0.15, -0.1) is 0 Å². The summed E-state index contributed by atoms with van der Waals surface area (Å²) in [5.41, 5.74) is -0.101. The van der Waals surface area contributed by atoms with Gasteiger partial charge in [0.2, 0.25) is 0 Å². The fourth-order valence-electron chi connectivity index (χ4n) is 2.22. The van der Waals surface area contributed by atoms with Crippen LogP contribution < -0.4 is 0 Å². The molecule has 0 aliphatic carbocycles. The van der Waals surface area contributed by atoms with E-state index < -0.39 is 5.60 Å². The van der Waals surface area contributed by atoms with Crippen LogP contribution in [0, 0.1) is 0 Å². The maximum atomic E-state index is 10.6. The first kappa shape index (κ1) is 12.2. The van der Waals surface area contributed by atoms with E-state index in [1.54, 1.807) is 6.07 Å². The SMILES string of the molecule is CCN1CCC(O)(c2cccc(Cl)c2Cl)C1. The lowest BCUT2D eigenvalue weighted by atomic mass is 9.93. The first-order valence-electron chi connectivity index (χ1n) is 5.46. The maximum absolute atomic E-state index is 10.6. The average molecular weight is 260 g/mol. The van der Waals surface area contributed by atoms with Crippen molar-refractivity contribution in [2.45, 2.75) is 18.9 Å². The Morgan fingerprint density at radius 2 is 2.19 bits per heavy atom. The van der Waals surface area contributed by atoms with Crippen LogP contribution in [0.15, 0.2) is 18.2 Å². The summed E-state index contributed by atoms with van der Waals surface area (Å²) in [6, 6.07) is 5.42. The smallest absolute Gasteiger partial charge is 0.105 e. The Kier molecular flexibility index (Phi) is 3.45. The fourth-order valence-corrected chi connectivity index (χ4v) is 2.70. The maximum Gasteiger partial charge on any atom is 0.105 e. The molecule has 1 unspecified atom stereocenters. The molecule has 1 aromatic carbocycles. The molecule has 88 valence electrons. The Hall–Kier alpha value is -0.280. The number of nitrogens with zero attached hydrogens (tertiary/aromatic N) is 1. The Morgan fingerprint density at radius 3 is 2.81 bits per heavy atom. The van der Waals surface area contributed by atoms with Gasteiger partial charge in [0.15, 0.2) is 0 Å². The predicted molar refractivity (Wildman–Crippen MR) is 67.1 cm³/mol. The highest BCUT2D eigenvalue weighted by Gasteiger charge is 2.38. The Bertz CT molecular complexity index is 397. The Labute approximate surface area is 106 Å². The number of hydrogen-bond acceptors (Lipinski definition) is 2. The molecule has 2 nitrogen and oxygen atoms in total. The van der Waals surface area contributed by atoms with E-state index in [1.165, 1.54) is 0 Å². The molecule has 0 spiro atoms. The largest absolute Gasteiger partial charge is 0.384 e. The van der Waals surface area contributed by atoms with Gasteiger partial charge in [0.05, 0.1) is 10.0 Å². The molecule has 0 bridgehead atoms. The van der Waals surface area contributed by atoms with Gasteiger partial charge in [-0.25, -0.2) is 0 Å². The second kappa shape index (κ2) is 4.53. The second-order valence-corrected chi connectivity index (χ2v) is 5.04. The number of hydrogen-bond donors (Lipinski definition) is 1. The Balaban J connectivity index is 2.34. The molecular formula is C12H15Cl2NO. The Morgan fingerprint density at radius 1 is 1.44 bits per heavy atom. The van der Waals surface area contributed by atoms with Crippen LogP contribution in [0.25, 0.3) is 0 Å². The minimum Gasteiger partial charge on any atom is -0.384 e. The van der Waals surface area contributed by atoms with Gasteiger partial charge in [0.25, 0.3) is 0 Å². The number of likely N-dealkylation sites (N-methyl/N-ethyl adjacent to an activating group) is 1. The van der Waals surface area contributed by atoms with Crippen molar-refractivity contribution in [1.29, 1.82) is 0 Å². The lowest BCUT2D eigenvalue weighted by molar-refractivity contribution is 0.0468. The van der Waals surface area contributed by atoms with Crippen molar-refractivity contribution < 1.29 is 5.11 Å². The van der Waals surface area contributed by atoms with Crippen LogP contribution in [0.5, 0.6) is 0 Å². The zero-order chi connectivity index (χ0) is 11.8. The summed E-state index contributed by atoms with van der Waals surface area (Å²) in [6.07, 6.45) is 0.709. The van der Waals surface area contributed by atoms with E-state index in [0.717, 1.165) is 18.7 Å². The van der Waals surface area contributed by atoms with Gasteiger partial charge in [-0.2, -0.15) is 0 Å². The predicted octanol–water partition coefficient (Wildman–Crippen LogP) is 2.91.